The van der Waals surface area contributed by atoms with Crippen LogP contribution in [0.25, 0.3) is 10.2 Å². The van der Waals surface area contributed by atoms with Crippen LogP contribution in [-0.2, 0) is 33.4 Å². The van der Waals surface area contributed by atoms with Crippen molar-refractivity contribution in [1.29, 1.82) is 0 Å². The normalized spacial score (nSPS) is 14.5. The van der Waals surface area contributed by atoms with Crippen LogP contribution in [-0.4, -0.2) is 30.0 Å². The number of carbonyl (C=O) groups is 1. The van der Waals surface area contributed by atoms with Crippen molar-refractivity contribution in [2.75, 3.05) is 5.75 Å². The van der Waals surface area contributed by atoms with Gasteiger partial charge < -0.3 is 10.3 Å². The van der Waals surface area contributed by atoms with Crippen LogP contribution in [0.15, 0.2) is 34.0 Å². The lowest BCUT2D eigenvalue weighted by Gasteiger charge is -2.15. The Morgan fingerprint density at radius 1 is 1.39 bits per heavy atom. The highest BCUT2D eigenvalue weighted by Gasteiger charge is 2.21. The molecule has 4 rings (SSSR count). The van der Waals surface area contributed by atoms with Gasteiger partial charge in [-0.25, -0.2) is 18.5 Å². The number of aromatic nitrogens is 2. The van der Waals surface area contributed by atoms with Gasteiger partial charge in [-0.1, -0.05) is 12.1 Å². The van der Waals surface area contributed by atoms with E-state index in [-0.39, 0.29) is 28.2 Å². The molecule has 1 amide bonds. The molecular formula is C20H22N4O4S3. The first kappa shape index (κ1) is 22.0. The average Bonchev–Trinajstić information content (AvgIpc) is 3.28. The summed E-state index contributed by atoms with van der Waals surface area (Å²) in [5.41, 5.74) is 1.69. The zero-order valence-electron chi connectivity index (χ0n) is 16.8. The predicted octanol–water partition coefficient (Wildman–Crippen LogP) is 2.23. The topological polar surface area (TPSA) is 135 Å². The minimum absolute atomic E-state index is 0.00504. The number of aromatic amines is 1. The second-order valence-electron chi connectivity index (χ2n) is 7.45. The number of benzene rings is 1. The number of sulfonamides is 1. The SMILES string of the molecule is C[C@H](NC(=O)CSCc1nc2sc3c(c2c(=O)[nH]1)CCC3)c1cccc(S(N)(=O)=O)c1. The molecule has 0 bridgehead atoms. The molecule has 11 heteroatoms. The maximum atomic E-state index is 12.5. The largest absolute Gasteiger partial charge is 0.349 e. The van der Waals surface area contributed by atoms with Gasteiger partial charge in [-0.15, -0.1) is 23.1 Å². The third-order valence-electron chi connectivity index (χ3n) is 5.16. The van der Waals surface area contributed by atoms with Crippen LogP contribution in [0.3, 0.4) is 0 Å². The quantitative estimate of drug-likeness (QED) is 0.477. The molecule has 3 aromatic rings. The van der Waals surface area contributed by atoms with Gasteiger partial charge in [-0.3, -0.25) is 9.59 Å². The molecule has 31 heavy (non-hydrogen) atoms. The fraction of sp³-hybridized carbons (Fsp3) is 0.350. The summed E-state index contributed by atoms with van der Waals surface area (Å²) in [4.78, 5) is 34.3. The van der Waals surface area contributed by atoms with Crippen LogP contribution in [0.4, 0.5) is 0 Å². The van der Waals surface area contributed by atoms with Crippen molar-refractivity contribution in [2.45, 2.75) is 42.9 Å². The van der Waals surface area contributed by atoms with Crippen LogP contribution < -0.4 is 16.0 Å². The summed E-state index contributed by atoms with van der Waals surface area (Å²) in [5, 5.41) is 8.73. The standard InChI is InChI=1S/C20H22N4O4S3/c1-11(12-4-2-5-13(8-12)31(21,27)28)22-17(25)10-29-9-16-23-19(26)18-14-6-3-7-15(14)30-20(18)24-16/h2,4-5,8,11H,3,6-7,9-10H2,1H3,(H,22,25)(H2,21,27,28)(H,23,24,26)/t11-/m0/s1. The number of primary sulfonamides is 1. The number of nitrogens with one attached hydrogen (secondary N) is 2. The number of amides is 1. The number of thioether (sulfide) groups is 1. The molecule has 1 atom stereocenters. The molecule has 1 aliphatic rings. The monoisotopic (exact) mass is 478 g/mol. The van der Waals surface area contributed by atoms with E-state index in [4.69, 9.17) is 5.14 Å². The van der Waals surface area contributed by atoms with E-state index in [0.29, 0.717) is 17.1 Å². The molecule has 2 heterocycles. The van der Waals surface area contributed by atoms with E-state index in [9.17, 15) is 18.0 Å². The molecular weight excluding hydrogens is 456 g/mol. The number of rotatable bonds is 7. The minimum atomic E-state index is -3.80. The first-order chi connectivity index (χ1) is 14.7. The molecule has 0 saturated carbocycles. The van der Waals surface area contributed by atoms with E-state index in [1.165, 1.54) is 28.8 Å². The highest BCUT2D eigenvalue weighted by atomic mass is 32.2. The number of carbonyl (C=O) groups excluding carboxylic acids is 1. The number of fused-ring (bicyclic) bond motifs is 3. The molecule has 2 aromatic heterocycles. The van der Waals surface area contributed by atoms with E-state index < -0.39 is 10.0 Å². The van der Waals surface area contributed by atoms with Crippen molar-refractivity contribution < 1.29 is 13.2 Å². The summed E-state index contributed by atoms with van der Waals surface area (Å²) < 4.78 is 23.0. The van der Waals surface area contributed by atoms with Crippen molar-refractivity contribution in [3.63, 3.8) is 0 Å². The van der Waals surface area contributed by atoms with Gasteiger partial charge >= 0.3 is 0 Å². The second-order valence-corrected chi connectivity index (χ2v) is 11.1. The molecule has 0 aliphatic heterocycles. The van der Waals surface area contributed by atoms with Gasteiger partial charge in [-0.05, 0) is 49.4 Å². The van der Waals surface area contributed by atoms with E-state index in [0.717, 1.165) is 35.0 Å². The smallest absolute Gasteiger partial charge is 0.259 e. The highest BCUT2D eigenvalue weighted by Crippen LogP contribution is 2.34. The lowest BCUT2D eigenvalue weighted by molar-refractivity contribution is -0.119. The average molecular weight is 479 g/mol. The predicted molar refractivity (Wildman–Crippen MR) is 123 cm³/mol. The molecule has 1 aromatic carbocycles. The molecule has 8 nitrogen and oxygen atoms in total. The molecule has 4 N–H and O–H groups in total. The second kappa shape index (κ2) is 8.73. The van der Waals surface area contributed by atoms with Crippen LogP contribution in [0.2, 0.25) is 0 Å². The van der Waals surface area contributed by atoms with Gasteiger partial charge in [0.05, 0.1) is 27.8 Å². The van der Waals surface area contributed by atoms with Crippen LogP contribution >= 0.6 is 23.1 Å². The molecule has 0 unspecified atom stereocenters. The Bertz CT molecular complexity index is 1310. The van der Waals surface area contributed by atoms with Gasteiger partial charge in [0, 0.05) is 4.88 Å². The Labute approximate surface area is 187 Å². The van der Waals surface area contributed by atoms with Gasteiger partial charge in [0.25, 0.3) is 5.56 Å². The number of hydrogen-bond acceptors (Lipinski definition) is 7. The first-order valence-electron chi connectivity index (χ1n) is 9.75. The fourth-order valence-electron chi connectivity index (χ4n) is 3.68. The summed E-state index contributed by atoms with van der Waals surface area (Å²) >= 11 is 2.94. The fourth-order valence-corrected chi connectivity index (χ4v) is 6.23. The molecule has 0 radical (unpaired) electrons. The number of hydrogen-bond donors (Lipinski definition) is 3. The Balaban J connectivity index is 1.35. The number of nitrogens with zero attached hydrogens (tertiary/aromatic N) is 1. The van der Waals surface area contributed by atoms with E-state index >= 15 is 0 Å². The molecule has 164 valence electrons. The van der Waals surface area contributed by atoms with Gasteiger partial charge in [0.1, 0.15) is 10.7 Å². The van der Waals surface area contributed by atoms with Crippen LogP contribution in [0.5, 0.6) is 0 Å². The van der Waals surface area contributed by atoms with E-state index in [1.54, 1.807) is 30.4 Å². The summed E-state index contributed by atoms with van der Waals surface area (Å²) in [6, 6.07) is 5.81. The highest BCUT2D eigenvalue weighted by molar-refractivity contribution is 7.99. The van der Waals surface area contributed by atoms with Crippen LogP contribution in [0.1, 0.15) is 41.2 Å². The first-order valence-corrected chi connectivity index (χ1v) is 13.3. The Morgan fingerprint density at radius 2 is 2.19 bits per heavy atom. The molecule has 1 aliphatic carbocycles. The van der Waals surface area contributed by atoms with Crippen molar-refractivity contribution in [2.24, 2.45) is 5.14 Å². The lowest BCUT2D eigenvalue weighted by atomic mass is 10.1. The zero-order valence-corrected chi connectivity index (χ0v) is 19.3. The minimum Gasteiger partial charge on any atom is -0.349 e. The van der Waals surface area contributed by atoms with Gasteiger partial charge in [0.2, 0.25) is 15.9 Å². The zero-order chi connectivity index (χ0) is 22.2. The number of nitrogens with two attached hydrogens (primary N) is 1. The third-order valence-corrected chi connectivity index (χ3v) is 8.20. The summed E-state index contributed by atoms with van der Waals surface area (Å²) in [6.45, 7) is 1.77. The van der Waals surface area contributed by atoms with Crippen molar-refractivity contribution >= 4 is 49.2 Å². The van der Waals surface area contributed by atoms with Crippen molar-refractivity contribution in [1.82, 2.24) is 15.3 Å². The Kier molecular flexibility index (Phi) is 6.20. The molecule has 0 fully saturated rings. The van der Waals surface area contributed by atoms with Crippen LogP contribution in [0, 0.1) is 0 Å². The number of thiophene rings is 1. The van der Waals surface area contributed by atoms with E-state index in [2.05, 4.69) is 15.3 Å². The number of H-pyrrole nitrogens is 1. The Morgan fingerprint density at radius 3 is 2.97 bits per heavy atom. The number of aryl methyl sites for hydroxylation is 2. The van der Waals surface area contributed by atoms with Gasteiger partial charge in [0.15, 0.2) is 0 Å². The summed E-state index contributed by atoms with van der Waals surface area (Å²) in [7, 11) is -3.80. The Hall–Kier alpha value is -2.21. The molecule has 0 saturated heterocycles. The van der Waals surface area contributed by atoms with Gasteiger partial charge in [-0.2, -0.15) is 0 Å². The van der Waals surface area contributed by atoms with Crippen molar-refractivity contribution in [3.05, 3.63) is 56.4 Å². The maximum absolute atomic E-state index is 12.5. The summed E-state index contributed by atoms with van der Waals surface area (Å²) in [6.07, 6.45) is 3.04. The van der Waals surface area contributed by atoms with E-state index in [1.807, 2.05) is 0 Å². The third kappa shape index (κ3) is 4.84. The maximum Gasteiger partial charge on any atom is 0.259 e. The summed E-state index contributed by atoms with van der Waals surface area (Å²) in [5.74, 6) is 0.958. The molecule has 0 spiro atoms. The lowest BCUT2D eigenvalue weighted by Crippen LogP contribution is -2.28. The van der Waals surface area contributed by atoms with Crippen molar-refractivity contribution in [3.8, 4) is 0 Å².